The molecular weight excluding hydrogens is 360 g/mol. The summed E-state index contributed by atoms with van der Waals surface area (Å²) < 4.78 is 11.0. The van der Waals surface area contributed by atoms with Gasteiger partial charge in [0.05, 0.1) is 13.2 Å². The van der Waals surface area contributed by atoms with Crippen LogP contribution in [0.5, 0.6) is 5.88 Å². The van der Waals surface area contributed by atoms with Gasteiger partial charge in [-0.2, -0.15) is 0 Å². The number of amides is 1. The van der Waals surface area contributed by atoms with Crippen molar-refractivity contribution < 1.29 is 24.2 Å². The van der Waals surface area contributed by atoms with Crippen molar-refractivity contribution in [3.63, 3.8) is 0 Å². The van der Waals surface area contributed by atoms with Crippen LogP contribution in [0, 0.1) is 0 Å². The second kappa shape index (κ2) is 9.85. The van der Waals surface area contributed by atoms with Gasteiger partial charge < -0.3 is 19.9 Å². The highest BCUT2D eigenvalue weighted by Gasteiger charge is 2.20. The zero-order valence-corrected chi connectivity index (χ0v) is 15.5. The number of hydrogen-bond acceptors (Lipinski definition) is 5. The average Bonchev–Trinajstić information content (AvgIpc) is 3.20. The molecule has 3 rings (SSSR count). The van der Waals surface area contributed by atoms with E-state index in [1.807, 2.05) is 30.3 Å². The van der Waals surface area contributed by atoms with Crippen LogP contribution in [0.25, 0.3) is 0 Å². The normalized spacial score (nSPS) is 17.1. The fourth-order valence-electron chi connectivity index (χ4n) is 3.08. The van der Waals surface area contributed by atoms with Gasteiger partial charge in [-0.1, -0.05) is 30.3 Å². The molecule has 0 aliphatic carbocycles. The van der Waals surface area contributed by atoms with Gasteiger partial charge in [0.15, 0.2) is 0 Å². The molecule has 0 spiro atoms. The minimum Gasteiger partial charge on any atom is -0.481 e. The Balaban J connectivity index is 1.65. The number of nitrogens with one attached hydrogen (secondary N) is 1. The van der Waals surface area contributed by atoms with Crippen LogP contribution in [-0.4, -0.2) is 47.3 Å². The van der Waals surface area contributed by atoms with Crippen LogP contribution in [0.3, 0.4) is 0 Å². The zero-order chi connectivity index (χ0) is 19.8. The largest absolute Gasteiger partial charge is 0.481 e. The van der Waals surface area contributed by atoms with E-state index >= 15 is 0 Å². The number of pyridine rings is 1. The molecule has 1 saturated heterocycles. The first-order valence-electron chi connectivity index (χ1n) is 9.37. The minimum absolute atomic E-state index is 0.00976. The molecule has 148 valence electrons. The molecule has 0 bridgehead atoms. The average molecular weight is 384 g/mol. The van der Waals surface area contributed by atoms with Gasteiger partial charge in [0.25, 0.3) is 5.91 Å². The molecule has 0 radical (unpaired) electrons. The number of carbonyl (C=O) groups is 2. The fourth-order valence-corrected chi connectivity index (χ4v) is 3.08. The van der Waals surface area contributed by atoms with Gasteiger partial charge >= 0.3 is 5.97 Å². The van der Waals surface area contributed by atoms with Crippen LogP contribution in [0.2, 0.25) is 0 Å². The Morgan fingerprint density at radius 1 is 1.29 bits per heavy atom. The summed E-state index contributed by atoms with van der Waals surface area (Å²) in [6, 6.07) is 12.6. The molecule has 1 aromatic heterocycles. The highest BCUT2D eigenvalue weighted by molar-refractivity contribution is 5.94. The Morgan fingerprint density at radius 3 is 2.82 bits per heavy atom. The summed E-state index contributed by atoms with van der Waals surface area (Å²) in [7, 11) is 0. The molecule has 2 atom stereocenters. The SMILES string of the molecule is O=C(O)CCC(Cc1ccccc1)NC(=O)c1ccnc(OC2CCOC2)c1. The quantitative estimate of drug-likeness (QED) is 0.689. The molecule has 1 aliphatic heterocycles. The highest BCUT2D eigenvalue weighted by atomic mass is 16.5. The lowest BCUT2D eigenvalue weighted by Gasteiger charge is -2.19. The third-order valence-corrected chi connectivity index (χ3v) is 4.54. The second-order valence-electron chi connectivity index (χ2n) is 6.78. The molecule has 0 saturated carbocycles. The summed E-state index contributed by atoms with van der Waals surface area (Å²) in [5.41, 5.74) is 1.47. The number of benzene rings is 1. The summed E-state index contributed by atoms with van der Waals surface area (Å²) >= 11 is 0. The smallest absolute Gasteiger partial charge is 0.303 e. The molecule has 1 fully saturated rings. The van der Waals surface area contributed by atoms with E-state index in [0.29, 0.717) is 37.5 Å². The molecule has 1 amide bonds. The summed E-state index contributed by atoms with van der Waals surface area (Å²) in [6.45, 7) is 1.18. The molecule has 7 nitrogen and oxygen atoms in total. The van der Waals surface area contributed by atoms with Gasteiger partial charge in [-0.25, -0.2) is 4.98 Å². The Labute approximate surface area is 163 Å². The predicted octanol–water partition coefficient (Wildman–Crippen LogP) is 2.46. The van der Waals surface area contributed by atoms with Gasteiger partial charge in [-0.05, 0) is 24.5 Å². The van der Waals surface area contributed by atoms with Gasteiger partial charge in [0.1, 0.15) is 6.10 Å². The van der Waals surface area contributed by atoms with Crippen molar-refractivity contribution in [3.05, 3.63) is 59.8 Å². The third kappa shape index (κ3) is 6.06. The van der Waals surface area contributed by atoms with E-state index in [1.165, 1.54) is 6.20 Å². The lowest BCUT2D eigenvalue weighted by Crippen LogP contribution is -2.37. The maximum Gasteiger partial charge on any atom is 0.303 e. The first-order valence-corrected chi connectivity index (χ1v) is 9.37. The molecule has 2 N–H and O–H groups in total. The van der Waals surface area contributed by atoms with E-state index in [1.54, 1.807) is 12.1 Å². The summed E-state index contributed by atoms with van der Waals surface area (Å²) in [6.07, 6.45) is 3.18. The monoisotopic (exact) mass is 384 g/mol. The van der Waals surface area contributed by atoms with Crippen molar-refractivity contribution in [2.75, 3.05) is 13.2 Å². The highest BCUT2D eigenvalue weighted by Crippen LogP contribution is 2.16. The minimum atomic E-state index is -0.884. The Morgan fingerprint density at radius 2 is 2.11 bits per heavy atom. The van der Waals surface area contributed by atoms with Crippen LogP contribution in [0.4, 0.5) is 0 Å². The van der Waals surface area contributed by atoms with Crippen LogP contribution >= 0.6 is 0 Å². The molecule has 28 heavy (non-hydrogen) atoms. The summed E-state index contributed by atoms with van der Waals surface area (Å²) in [5, 5.41) is 12.0. The van der Waals surface area contributed by atoms with Crippen LogP contribution in [0.15, 0.2) is 48.7 Å². The van der Waals surface area contributed by atoms with Crippen molar-refractivity contribution >= 4 is 11.9 Å². The Kier molecular flexibility index (Phi) is 6.97. The number of ether oxygens (including phenoxy) is 2. The molecule has 2 aromatic rings. The molecule has 1 aliphatic rings. The number of carbonyl (C=O) groups excluding carboxylic acids is 1. The van der Waals surface area contributed by atoms with E-state index in [9.17, 15) is 9.59 Å². The van der Waals surface area contributed by atoms with Gasteiger partial charge in [-0.15, -0.1) is 0 Å². The van der Waals surface area contributed by atoms with Crippen LogP contribution in [-0.2, 0) is 16.0 Å². The molecule has 2 unspecified atom stereocenters. The predicted molar refractivity (Wildman–Crippen MR) is 102 cm³/mol. The number of rotatable bonds is 9. The second-order valence-corrected chi connectivity index (χ2v) is 6.78. The molecule has 2 heterocycles. The van der Waals surface area contributed by atoms with E-state index in [4.69, 9.17) is 14.6 Å². The van der Waals surface area contributed by atoms with Gasteiger partial charge in [0, 0.05) is 36.7 Å². The van der Waals surface area contributed by atoms with Gasteiger partial charge in [0.2, 0.25) is 5.88 Å². The Bertz CT molecular complexity index is 790. The zero-order valence-electron chi connectivity index (χ0n) is 15.5. The number of carboxylic acid groups (broad SMARTS) is 1. The number of nitrogens with zero attached hydrogens (tertiary/aromatic N) is 1. The van der Waals surface area contributed by atoms with Crippen molar-refractivity contribution in [2.24, 2.45) is 0 Å². The first kappa shape index (κ1) is 19.8. The van der Waals surface area contributed by atoms with E-state index in [2.05, 4.69) is 10.3 Å². The Hall–Kier alpha value is -2.93. The van der Waals surface area contributed by atoms with E-state index < -0.39 is 5.97 Å². The molecular formula is C21H24N2O5. The maximum atomic E-state index is 12.7. The van der Waals surface area contributed by atoms with E-state index in [-0.39, 0.29) is 24.5 Å². The van der Waals surface area contributed by atoms with Crippen molar-refractivity contribution in [1.82, 2.24) is 10.3 Å². The lowest BCUT2D eigenvalue weighted by atomic mass is 10.0. The van der Waals surface area contributed by atoms with E-state index in [0.717, 1.165) is 12.0 Å². The number of aromatic nitrogens is 1. The number of hydrogen-bond donors (Lipinski definition) is 2. The topological polar surface area (TPSA) is 97.8 Å². The standard InChI is InChI=1S/C21H24N2O5/c24-20(25)7-6-17(12-15-4-2-1-3-5-15)23-21(26)16-8-10-22-19(13-16)28-18-9-11-27-14-18/h1-5,8,10,13,17-18H,6-7,9,11-12,14H2,(H,23,26)(H,24,25). The van der Waals surface area contributed by atoms with Gasteiger partial charge in [-0.3, -0.25) is 9.59 Å². The molecule has 1 aromatic carbocycles. The van der Waals surface area contributed by atoms with Crippen molar-refractivity contribution in [2.45, 2.75) is 37.8 Å². The van der Waals surface area contributed by atoms with Crippen molar-refractivity contribution in [3.8, 4) is 5.88 Å². The first-order chi connectivity index (χ1) is 13.6. The summed E-state index contributed by atoms with van der Waals surface area (Å²) in [4.78, 5) is 27.8. The van der Waals surface area contributed by atoms with Crippen LogP contribution in [0.1, 0.15) is 35.2 Å². The maximum absolute atomic E-state index is 12.7. The molecule has 7 heteroatoms. The number of carboxylic acids is 1. The number of aliphatic carboxylic acids is 1. The van der Waals surface area contributed by atoms with Crippen LogP contribution < -0.4 is 10.1 Å². The van der Waals surface area contributed by atoms with Crippen molar-refractivity contribution in [1.29, 1.82) is 0 Å². The lowest BCUT2D eigenvalue weighted by molar-refractivity contribution is -0.137. The summed E-state index contributed by atoms with van der Waals surface area (Å²) in [5.74, 6) is -0.778. The fraction of sp³-hybridized carbons (Fsp3) is 0.381. The third-order valence-electron chi connectivity index (χ3n) is 4.54.